The lowest BCUT2D eigenvalue weighted by Crippen LogP contribution is -2.15. The second kappa shape index (κ2) is 9.43. The maximum absolute atomic E-state index is 12.6. The molecule has 2 heterocycles. The van der Waals surface area contributed by atoms with Gasteiger partial charge in [0, 0.05) is 17.4 Å². The van der Waals surface area contributed by atoms with Crippen molar-refractivity contribution in [1.82, 2.24) is 19.6 Å². The molecular formula is C21H16Cl3N5O2. The molecule has 0 saturated heterocycles. The van der Waals surface area contributed by atoms with E-state index < -0.39 is 5.91 Å². The van der Waals surface area contributed by atoms with Crippen molar-refractivity contribution in [3.63, 3.8) is 0 Å². The predicted octanol–water partition coefficient (Wildman–Crippen LogP) is 5.38. The quantitative estimate of drug-likeness (QED) is 0.389. The zero-order valence-electron chi connectivity index (χ0n) is 16.0. The smallest absolute Gasteiger partial charge is 0.277 e. The van der Waals surface area contributed by atoms with Crippen molar-refractivity contribution in [3.8, 4) is 5.75 Å². The topological polar surface area (TPSA) is 74.0 Å². The molecule has 7 nitrogen and oxygen atoms in total. The van der Waals surface area contributed by atoms with Gasteiger partial charge in [0.15, 0.2) is 18.2 Å². The van der Waals surface area contributed by atoms with Crippen LogP contribution in [0.25, 0.3) is 0 Å². The number of benzene rings is 2. The van der Waals surface area contributed by atoms with Gasteiger partial charge in [-0.25, -0.2) is 4.68 Å². The number of para-hydroxylation sites is 1. The van der Waals surface area contributed by atoms with Crippen molar-refractivity contribution in [2.75, 3.05) is 5.32 Å². The second-order valence-corrected chi connectivity index (χ2v) is 7.73. The second-order valence-electron chi connectivity index (χ2n) is 6.51. The molecule has 0 bridgehead atoms. The Labute approximate surface area is 193 Å². The Hall–Kier alpha value is -3.00. The minimum absolute atomic E-state index is 0.101. The van der Waals surface area contributed by atoms with Crippen LogP contribution in [0.4, 0.5) is 5.82 Å². The molecule has 31 heavy (non-hydrogen) atoms. The van der Waals surface area contributed by atoms with Gasteiger partial charge < -0.3 is 10.1 Å². The lowest BCUT2D eigenvalue weighted by atomic mass is 10.2. The number of nitrogens with one attached hydrogen (secondary N) is 1. The third-order valence-electron chi connectivity index (χ3n) is 4.30. The lowest BCUT2D eigenvalue weighted by Gasteiger charge is -2.07. The van der Waals surface area contributed by atoms with Gasteiger partial charge in [-0.05, 0) is 29.8 Å². The number of ether oxygens (including phenoxy) is 1. The molecule has 1 N–H and O–H groups in total. The van der Waals surface area contributed by atoms with Gasteiger partial charge in [-0.15, -0.1) is 0 Å². The number of hydrogen-bond acceptors (Lipinski definition) is 4. The summed E-state index contributed by atoms with van der Waals surface area (Å²) in [6.07, 6.45) is 3.25. The van der Waals surface area contributed by atoms with E-state index in [4.69, 9.17) is 39.5 Å². The number of carbonyl (C=O) groups is 1. The van der Waals surface area contributed by atoms with E-state index in [1.54, 1.807) is 41.3 Å². The highest BCUT2D eigenvalue weighted by molar-refractivity contribution is 6.33. The van der Waals surface area contributed by atoms with Gasteiger partial charge in [-0.1, -0.05) is 65.1 Å². The highest BCUT2D eigenvalue weighted by Gasteiger charge is 2.15. The van der Waals surface area contributed by atoms with E-state index >= 15 is 0 Å². The van der Waals surface area contributed by atoms with E-state index in [0.29, 0.717) is 27.4 Å². The van der Waals surface area contributed by atoms with E-state index in [9.17, 15) is 4.79 Å². The van der Waals surface area contributed by atoms with Gasteiger partial charge in [0.25, 0.3) is 5.91 Å². The molecule has 0 unspecified atom stereocenters. The van der Waals surface area contributed by atoms with Crippen LogP contribution < -0.4 is 10.1 Å². The Bertz CT molecular complexity index is 1220. The van der Waals surface area contributed by atoms with Gasteiger partial charge in [-0.2, -0.15) is 10.2 Å². The molecule has 10 heteroatoms. The van der Waals surface area contributed by atoms with Crippen LogP contribution in [0.1, 0.15) is 16.1 Å². The summed E-state index contributed by atoms with van der Waals surface area (Å²) in [5.74, 6) is 0.323. The summed E-state index contributed by atoms with van der Waals surface area (Å²) in [6.45, 7) is 0.521. The Balaban J connectivity index is 1.39. The molecule has 158 valence electrons. The van der Waals surface area contributed by atoms with Gasteiger partial charge in [-0.3, -0.25) is 9.48 Å². The average Bonchev–Trinajstić information content (AvgIpc) is 3.36. The van der Waals surface area contributed by atoms with Crippen LogP contribution in [0, 0.1) is 0 Å². The molecule has 1 amide bonds. The van der Waals surface area contributed by atoms with Crippen molar-refractivity contribution in [2.45, 2.75) is 13.3 Å². The van der Waals surface area contributed by atoms with Crippen LogP contribution in [0.15, 0.2) is 67.0 Å². The summed E-state index contributed by atoms with van der Waals surface area (Å²) in [5, 5.41) is 12.6. The normalized spacial score (nSPS) is 10.8. The van der Waals surface area contributed by atoms with E-state index in [1.807, 2.05) is 30.3 Å². The van der Waals surface area contributed by atoms with E-state index in [-0.39, 0.29) is 18.2 Å². The number of rotatable bonds is 7. The average molecular weight is 477 g/mol. The summed E-state index contributed by atoms with van der Waals surface area (Å²) in [7, 11) is 0. The van der Waals surface area contributed by atoms with Crippen LogP contribution in [-0.4, -0.2) is 25.5 Å². The third-order valence-corrected chi connectivity index (χ3v) is 5.26. The van der Waals surface area contributed by atoms with Gasteiger partial charge in [0.05, 0.1) is 11.6 Å². The maximum Gasteiger partial charge on any atom is 0.277 e. The lowest BCUT2D eigenvalue weighted by molar-refractivity contribution is 0.101. The van der Waals surface area contributed by atoms with Crippen molar-refractivity contribution in [1.29, 1.82) is 0 Å². The van der Waals surface area contributed by atoms with Crippen molar-refractivity contribution >= 4 is 46.5 Å². The number of halogens is 3. The fraction of sp³-hybridized carbons (Fsp3) is 0.0952. The van der Waals surface area contributed by atoms with Crippen LogP contribution in [0.2, 0.25) is 15.1 Å². The van der Waals surface area contributed by atoms with Crippen LogP contribution in [-0.2, 0) is 13.3 Å². The van der Waals surface area contributed by atoms with Crippen LogP contribution >= 0.6 is 34.8 Å². The minimum Gasteiger partial charge on any atom is -0.470 e. The Morgan fingerprint density at radius 2 is 1.65 bits per heavy atom. The number of amides is 1. The number of hydrogen-bond donors (Lipinski definition) is 1. The largest absolute Gasteiger partial charge is 0.470 e. The molecule has 0 radical (unpaired) electrons. The monoisotopic (exact) mass is 475 g/mol. The fourth-order valence-electron chi connectivity index (χ4n) is 2.79. The van der Waals surface area contributed by atoms with Gasteiger partial charge in [0.2, 0.25) is 0 Å². The molecule has 0 atom stereocenters. The van der Waals surface area contributed by atoms with E-state index in [0.717, 1.165) is 5.56 Å². The third kappa shape index (κ3) is 5.19. The number of nitrogens with zero attached hydrogens (tertiary/aromatic N) is 4. The first-order valence-corrected chi connectivity index (χ1v) is 10.3. The molecule has 2 aromatic heterocycles. The molecular weight excluding hydrogens is 461 g/mol. The summed E-state index contributed by atoms with van der Waals surface area (Å²) >= 11 is 18.5. The van der Waals surface area contributed by atoms with Crippen molar-refractivity contribution < 1.29 is 9.53 Å². The first kappa shape index (κ1) is 21.2. The maximum atomic E-state index is 12.6. The van der Waals surface area contributed by atoms with Gasteiger partial charge in [0.1, 0.15) is 10.8 Å². The molecule has 0 saturated carbocycles. The molecule has 4 rings (SSSR count). The highest BCUT2D eigenvalue weighted by Crippen LogP contribution is 2.24. The fourth-order valence-corrected chi connectivity index (χ4v) is 3.37. The molecule has 2 aromatic carbocycles. The Morgan fingerprint density at radius 3 is 2.42 bits per heavy atom. The predicted molar refractivity (Wildman–Crippen MR) is 120 cm³/mol. The molecule has 0 aliphatic carbocycles. The van der Waals surface area contributed by atoms with Crippen molar-refractivity contribution in [2.24, 2.45) is 0 Å². The molecule has 0 aliphatic rings. The molecule has 4 aromatic rings. The first-order chi connectivity index (χ1) is 15.0. The highest BCUT2D eigenvalue weighted by atomic mass is 35.5. The van der Waals surface area contributed by atoms with E-state index in [2.05, 4.69) is 15.5 Å². The summed E-state index contributed by atoms with van der Waals surface area (Å²) < 4.78 is 8.70. The summed E-state index contributed by atoms with van der Waals surface area (Å²) in [6, 6.07) is 16.1. The molecule has 0 fully saturated rings. The minimum atomic E-state index is -0.443. The summed E-state index contributed by atoms with van der Waals surface area (Å²) in [4.78, 5) is 12.6. The summed E-state index contributed by atoms with van der Waals surface area (Å²) in [5.41, 5.74) is 1.08. The SMILES string of the molecule is O=C(Nc1nn(Cc2ccccc2Cl)cc1Cl)c1ccn(COc2ccccc2Cl)n1. The van der Waals surface area contributed by atoms with Gasteiger partial charge >= 0.3 is 0 Å². The molecule has 0 spiro atoms. The van der Waals surface area contributed by atoms with E-state index in [1.165, 1.54) is 4.68 Å². The number of carbonyl (C=O) groups excluding carboxylic acids is 1. The van der Waals surface area contributed by atoms with Crippen molar-refractivity contribution in [3.05, 3.63) is 93.3 Å². The van der Waals surface area contributed by atoms with Crippen LogP contribution in [0.5, 0.6) is 5.75 Å². The number of aromatic nitrogens is 4. The first-order valence-electron chi connectivity index (χ1n) is 9.18. The Kier molecular flexibility index (Phi) is 6.46. The molecule has 0 aliphatic heterocycles. The zero-order chi connectivity index (χ0) is 21.8. The number of anilines is 1. The zero-order valence-corrected chi connectivity index (χ0v) is 18.3. The standard InChI is InChI=1S/C21H16Cl3N5O2/c22-15-6-2-1-5-14(15)11-29-12-17(24)20(27-29)25-21(30)18-9-10-28(26-18)13-31-19-8-4-3-7-16(19)23/h1-10,12H,11,13H2,(H,25,27,30). The van der Waals surface area contributed by atoms with Crippen LogP contribution in [0.3, 0.4) is 0 Å². The Morgan fingerprint density at radius 1 is 0.903 bits per heavy atom.